The van der Waals surface area contributed by atoms with E-state index >= 15 is 0 Å². The van der Waals surface area contributed by atoms with Crippen LogP contribution in [0.3, 0.4) is 0 Å². The first kappa shape index (κ1) is 6.35. The normalized spacial score (nSPS) is 22.3. The van der Waals surface area contributed by atoms with E-state index in [1.807, 2.05) is 0 Å². The zero-order valence-electron chi connectivity index (χ0n) is 4.96. The van der Waals surface area contributed by atoms with Gasteiger partial charge in [-0.1, -0.05) is 0 Å². The summed E-state index contributed by atoms with van der Waals surface area (Å²) in [5, 5.41) is 8.11. The maximum atomic E-state index is 9.91. The second-order valence-corrected chi connectivity index (χ2v) is 2.29. The standard InChI is InChI=1S/C5H9NO3/c6-5(2-1-3-5)9-4(7)8/h1-3,6H2,(H,7,8). The molecule has 1 aliphatic carbocycles. The number of ether oxygens (including phenoxy) is 1. The predicted molar refractivity (Wildman–Crippen MR) is 29.9 cm³/mol. The summed E-state index contributed by atoms with van der Waals surface area (Å²) in [6, 6.07) is 0. The Bertz CT molecular complexity index is 130. The van der Waals surface area contributed by atoms with Crippen LogP contribution in [-0.2, 0) is 4.74 Å². The molecule has 52 valence electrons. The highest BCUT2D eigenvalue weighted by Crippen LogP contribution is 2.29. The summed E-state index contributed by atoms with van der Waals surface area (Å²) in [6.07, 6.45) is 0.986. The Morgan fingerprint density at radius 1 is 1.67 bits per heavy atom. The van der Waals surface area contributed by atoms with Gasteiger partial charge in [-0.25, -0.2) is 4.79 Å². The summed E-state index contributed by atoms with van der Waals surface area (Å²) in [6.45, 7) is 0. The molecule has 0 aromatic heterocycles. The highest BCUT2D eigenvalue weighted by Gasteiger charge is 2.36. The van der Waals surface area contributed by atoms with E-state index in [9.17, 15) is 4.79 Å². The van der Waals surface area contributed by atoms with E-state index in [0.717, 1.165) is 6.42 Å². The fourth-order valence-corrected chi connectivity index (χ4v) is 0.801. The van der Waals surface area contributed by atoms with Crippen molar-refractivity contribution < 1.29 is 14.6 Å². The van der Waals surface area contributed by atoms with Gasteiger partial charge in [0.2, 0.25) is 0 Å². The van der Waals surface area contributed by atoms with Crippen LogP contribution in [0.4, 0.5) is 4.79 Å². The van der Waals surface area contributed by atoms with Crippen molar-refractivity contribution >= 4 is 6.16 Å². The number of hydrogen-bond acceptors (Lipinski definition) is 3. The maximum absolute atomic E-state index is 9.91. The van der Waals surface area contributed by atoms with Gasteiger partial charge in [0.15, 0.2) is 5.72 Å². The van der Waals surface area contributed by atoms with Crippen LogP contribution >= 0.6 is 0 Å². The largest absolute Gasteiger partial charge is 0.507 e. The first-order valence-electron chi connectivity index (χ1n) is 2.83. The molecule has 0 aromatic rings. The smallest absolute Gasteiger partial charge is 0.450 e. The van der Waals surface area contributed by atoms with Crippen molar-refractivity contribution in [2.75, 3.05) is 0 Å². The molecule has 3 N–H and O–H groups in total. The van der Waals surface area contributed by atoms with Gasteiger partial charge >= 0.3 is 6.16 Å². The van der Waals surface area contributed by atoms with Gasteiger partial charge in [-0.2, -0.15) is 0 Å². The minimum atomic E-state index is -1.28. The molecule has 9 heavy (non-hydrogen) atoms. The quantitative estimate of drug-likeness (QED) is 0.402. The minimum Gasteiger partial charge on any atom is -0.450 e. The third-order valence-electron chi connectivity index (χ3n) is 1.49. The van der Waals surface area contributed by atoms with Crippen molar-refractivity contribution in [3.8, 4) is 0 Å². The van der Waals surface area contributed by atoms with Crippen molar-refractivity contribution in [2.45, 2.75) is 25.0 Å². The second kappa shape index (κ2) is 1.88. The van der Waals surface area contributed by atoms with Crippen molar-refractivity contribution in [1.29, 1.82) is 0 Å². The topological polar surface area (TPSA) is 72.5 Å². The molecule has 1 saturated carbocycles. The summed E-state index contributed by atoms with van der Waals surface area (Å²) in [4.78, 5) is 9.91. The number of hydrogen-bond donors (Lipinski definition) is 2. The Balaban J connectivity index is 2.33. The molecule has 0 aliphatic heterocycles. The lowest BCUT2D eigenvalue weighted by Crippen LogP contribution is -2.50. The molecule has 0 radical (unpaired) electrons. The Hall–Kier alpha value is -0.770. The lowest BCUT2D eigenvalue weighted by atomic mass is 9.89. The van der Waals surface area contributed by atoms with E-state index in [1.165, 1.54) is 0 Å². The fraction of sp³-hybridized carbons (Fsp3) is 0.800. The summed E-state index contributed by atoms with van der Waals surface area (Å²) >= 11 is 0. The van der Waals surface area contributed by atoms with E-state index in [0.29, 0.717) is 12.8 Å². The molecule has 0 atom stereocenters. The van der Waals surface area contributed by atoms with Gasteiger partial charge in [-0.3, -0.25) is 5.73 Å². The lowest BCUT2D eigenvalue weighted by molar-refractivity contribution is -0.0639. The van der Waals surface area contributed by atoms with E-state index < -0.39 is 11.9 Å². The van der Waals surface area contributed by atoms with Crippen molar-refractivity contribution in [3.63, 3.8) is 0 Å². The third-order valence-corrected chi connectivity index (χ3v) is 1.49. The van der Waals surface area contributed by atoms with Crippen LogP contribution in [0.15, 0.2) is 0 Å². The van der Waals surface area contributed by atoms with Crippen molar-refractivity contribution in [1.82, 2.24) is 0 Å². The van der Waals surface area contributed by atoms with Gasteiger partial charge < -0.3 is 9.84 Å². The van der Waals surface area contributed by atoms with Crippen LogP contribution in [0.25, 0.3) is 0 Å². The molecule has 4 heteroatoms. The zero-order chi connectivity index (χ0) is 6.91. The Morgan fingerprint density at radius 3 is 2.33 bits per heavy atom. The van der Waals surface area contributed by atoms with Crippen LogP contribution < -0.4 is 5.73 Å². The molecule has 0 aromatic carbocycles. The maximum Gasteiger partial charge on any atom is 0.507 e. The van der Waals surface area contributed by atoms with E-state index in [1.54, 1.807) is 0 Å². The first-order chi connectivity index (χ1) is 4.12. The molecule has 0 amide bonds. The molecule has 0 spiro atoms. The Labute approximate surface area is 52.6 Å². The van der Waals surface area contributed by atoms with Crippen molar-refractivity contribution in [3.05, 3.63) is 0 Å². The molecule has 4 nitrogen and oxygen atoms in total. The Morgan fingerprint density at radius 2 is 2.22 bits per heavy atom. The molecular formula is C5H9NO3. The third kappa shape index (κ3) is 1.32. The minimum absolute atomic E-state index is 0.652. The lowest BCUT2D eigenvalue weighted by Gasteiger charge is -2.35. The van der Waals surface area contributed by atoms with Gasteiger partial charge in [-0.05, 0) is 6.42 Å². The monoisotopic (exact) mass is 131 g/mol. The molecule has 1 aliphatic rings. The highest BCUT2D eigenvalue weighted by atomic mass is 16.7. The highest BCUT2D eigenvalue weighted by molar-refractivity contribution is 5.57. The average Bonchev–Trinajstić information content (AvgIpc) is 1.60. The predicted octanol–water partition coefficient (Wildman–Crippen LogP) is 0.520. The molecular weight excluding hydrogens is 122 g/mol. The molecule has 0 bridgehead atoms. The molecule has 1 fully saturated rings. The van der Waals surface area contributed by atoms with E-state index in [2.05, 4.69) is 4.74 Å². The Kier molecular flexibility index (Phi) is 1.32. The molecule has 0 unspecified atom stereocenters. The second-order valence-electron chi connectivity index (χ2n) is 2.29. The summed E-state index contributed by atoms with van der Waals surface area (Å²) in [5.41, 5.74) is 4.55. The van der Waals surface area contributed by atoms with Crippen LogP contribution in [0.2, 0.25) is 0 Å². The fourth-order valence-electron chi connectivity index (χ4n) is 0.801. The number of carbonyl (C=O) groups is 1. The van der Waals surface area contributed by atoms with Crippen LogP contribution in [0.1, 0.15) is 19.3 Å². The van der Waals surface area contributed by atoms with Crippen LogP contribution in [0, 0.1) is 0 Å². The zero-order valence-corrected chi connectivity index (χ0v) is 4.96. The van der Waals surface area contributed by atoms with Crippen molar-refractivity contribution in [2.24, 2.45) is 5.73 Å². The number of nitrogens with two attached hydrogens (primary N) is 1. The number of rotatable bonds is 1. The summed E-state index contributed by atoms with van der Waals surface area (Å²) < 4.78 is 4.37. The molecule has 0 heterocycles. The van der Waals surface area contributed by atoms with Gasteiger partial charge in [0.25, 0.3) is 0 Å². The molecule has 1 rings (SSSR count). The van der Waals surface area contributed by atoms with Crippen LogP contribution in [-0.4, -0.2) is 17.0 Å². The van der Waals surface area contributed by atoms with E-state index in [-0.39, 0.29) is 0 Å². The van der Waals surface area contributed by atoms with E-state index in [4.69, 9.17) is 10.8 Å². The van der Waals surface area contributed by atoms with Gasteiger partial charge in [0.1, 0.15) is 0 Å². The summed E-state index contributed by atoms with van der Waals surface area (Å²) in [7, 11) is 0. The number of carboxylic acid groups (broad SMARTS) is 1. The first-order valence-corrected chi connectivity index (χ1v) is 2.83. The summed E-state index contributed by atoms with van der Waals surface area (Å²) in [5.74, 6) is 0. The van der Waals surface area contributed by atoms with Gasteiger partial charge in [0.05, 0.1) is 0 Å². The van der Waals surface area contributed by atoms with Gasteiger partial charge in [0, 0.05) is 12.8 Å². The average molecular weight is 131 g/mol. The van der Waals surface area contributed by atoms with Crippen LogP contribution in [0.5, 0.6) is 0 Å². The SMILES string of the molecule is NC1(OC(=O)O)CCC1. The van der Waals surface area contributed by atoms with Gasteiger partial charge in [-0.15, -0.1) is 0 Å². The molecule has 0 saturated heterocycles.